The second-order valence-corrected chi connectivity index (χ2v) is 5.17. The van der Waals surface area contributed by atoms with Crippen LogP contribution in [0.4, 0.5) is 0 Å². The largest absolute Gasteiger partial charge is 0.395 e. The number of aliphatic hydroxyl groups excluding tert-OH is 1. The summed E-state index contributed by atoms with van der Waals surface area (Å²) in [4.78, 5) is 11.4. The van der Waals surface area contributed by atoms with Crippen LogP contribution in [-0.2, 0) is 6.54 Å². The number of carbonyl (C=O) groups is 1. The summed E-state index contributed by atoms with van der Waals surface area (Å²) >= 11 is 0. The molecule has 1 amide bonds. The van der Waals surface area contributed by atoms with E-state index in [1.807, 2.05) is 24.3 Å². The fraction of sp³-hybridized carbons (Fsp3) is 0.533. The topological polar surface area (TPSA) is 61.4 Å². The first-order chi connectivity index (χ1) is 9.06. The van der Waals surface area contributed by atoms with Gasteiger partial charge in [0.25, 0.3) is 5.91 Å². The predicted molar refractivity (Wildman–Crippen MR) is 77.0 cm³/mol. The molecule has 4 nitrogen and oxygen atoms in total. The van der Waals surface area contributed by atoms with Crippen molar-refractivity contribution >= 4 is 5.91 Å². The van der Waals surface area contributed by atoms with Crippen molar-refractivity contribution in [1.82, 2.24) is 10.6 Å². The monoisotopic (exact) mass is 264 g/mol. The van der Waals surface area contributed by atoms with E-state index in [-0.39, 0.29) is 18.6 Å². The van der Waals surface area contributed by atoms with Crippen molar-refractivity contribution in [1.29, 1.82) is 0 Å². The average molecular weight is 264 g/mol. The van der Waals surface area contributed by atoms with E-state index in [1.54, 1.807) is 7.05 Å². The molecule has 19 heavy (non-hydrogen) atoms. The number of nitrogens with one attached hydrogen (secondary N) is 2. The number of hydrogen-bond donors (Lipinski definition) is 3. The predicted octanol–water partition coefficient (Wildman–Crippen LogP) is 1.54. The molecule has 0 saturated heterocycles. The van der Waals surface area contributed by atoms with E-state index in [9.17, 15) is 9.90 Å². The molecule has 0 heterocycles. The standard InChI is InChI=1S/C15H24N2O2/c1-11(2)8-14(10-18)17-9-12-4-6-13(7-5-12)15(19)16-3/h4-7,11,14,17-18H,8-10H2,1-3H3,(H,16,19). The number of amides is 1. The van der Waals surface area contributed by atoms with Gasteiger partial charge in [0, 0.05) is 25.2 Å². The molecular formula is C15H24N2O2. The van der Waals surface area contributed by atoms with Crippen LogP contribution in [0.3, 0.4) is 0 Å². The number of carbonyl (C=O) groups excluding carboxylic acids is 1. The summed E-state index contributed by atoms with van der Waals surface area (Å²) in [5, 5.41) is 15.2. The third-order valence-corrected chi connectivity index (χ3v) is 3.01. The van der Waals surface area contributed by atoms with Gasteiger partial charge in [-0.2, -0.15) is 0 Å². The van der Waals surface area contributed by atoms with Crippen LogP contribution in [0.25, 0.3) is 0 Å². The van der Waals surface area contributed by atoms with Crippen molar-refractivity contribution in [3.05, 3.63) is 35.4 Å². The van der Waals surface area contributed by atoms with Crippen LogP contribution < -0.4 is 10.6 Å². The van der Waals surface area contributed by atoms with Crippen LogP contribution in [0.5, 0.6) is 0 Å². The third kappa shape index (κ3) is 5.41. The van der Waals surface area contributed by atoms with E-state index < -0.39 is 0 Å². The van der Waals surface area contributed by atoms with Gasteiger partial charge in [-0.25, -0.2) is 0 Å². The summed E-state index contributed by atoms with van der Waals surface area (Å²) in [6, 6.07) is 7.61. The summed E-state index contributed by atoms with van der Waals surface area (Å²) in [7, 11) is 1.62. The van der Waals surface area contributed by atoms with Crippen LogP contribution in [0.1, 0.15) is 36.2 Å². The van der Waals surface area contributed by atoms with Crippen molar-refractivity contribution in [2.75, 3.05) is 13.7 Å². The molecule has 1 aromatic rings. The molecule has 0 spiro atoms. The van der Waals surface area contributed by atoms with Crippen molar-refractivity contribution in [2.24, 2.45) is 5.92 Å². The summed E-state index contributed by atoms with van der Waals surface area (Å²) in [5.41, 5.74) is 1.77. The van der Waals surface area contributed by atoms with Gasteiger partial charge in [-0.05, 0) is 30.0 Å². The SMILES string of the molecule is CNC(=O)c1ccc(CNC(CO)CC(C)C)cc1. The van der Waals surface area contributed by atoms with Gasteiger partial charge in [0.15, 0.2) is 0 Å². The number of rotatable bonds is 7. The molecule has 106 valence electrons. The Balaban J connectivity index is 2.51. The summed E-state index contributed by atoms with van der Waals surface area (Å²) in [6.07, 6.45) is 0.951. The van der Waals surface area contributed by atoms with Gasteiger partial charge in [-0.1, -0.05) is 26.0 Å². The molecule has 0 aliphatic heterocycles. The fourth-order valence-corrected chi connectivity index (χ4v) is 1.97. The van der Waals surface area contributed by atoms with Crippen LogP contribution in [-0.4, -0.2) is 30.7 Å². The van der Waals surface area contributed by atoms with Gasteiger partial charge in [0.1, 0.15) is 0 Å². The zero-order chi connectivity index (χ0) is 14.3. The lowest BCUT2D eigenvalue weighted by Crippen LogP contribution is -2.33. The lowest BCUT2D eigenvalue weighted by molar-refractivity contribution is 0.0963. The van der Waals surface area contributed by atoms with Crippen molar-refractivity contribution in [3.63, 3.8) is 0 Å². The Morgan fingerprint density at radius 1 is 1.26 bits per heavy atom. The minimum atomic E-state index is -0.0763. The highest BCUT2D eigenvalue weighted by atomic mass is 16.3. The lowest BCUT2D eigenvalue weighted by atomic mass is 10.0. The maximum Gasteiger partial charge on any atom is 0.251 e. The van der Waals surface area contributed by atoms with Gasteiger partial charge >= 0.3 is 0 Å². The smallest absolute Gasteiger partial charge is 0.251 e. The molecule has 1 rings (SSSR count). The average Bonchev–Trinajstić information content (AvgIpc) is 2.42. The molecule has 1 atom stereocenters. The summed E-state index contributed by atoms with van der Waals surface area (Å²) in [6.45, 7) is 5.13. The first-order valence-electron chi connectivity index (χ1n) is 6.72. The maximum atomic E-state index is 11.4. The van der Waals surface area contributed by atoms with Gasteiger partial charge in [0.05, 0.1) is 6.61 Å². The Bertz CT molecular complexity index is 388. The summed E-state index contributed by atoms with van der Waals surface area (Å²) in [5.74, 6) is 0.479. The van der Waals surface area contributed by atoms with Crippen molar-refractivity contribution < 1.29 is 9.90 Å². The van der Waals surface area contributed by atoms with Crippen molar-refractivity contribution in [2.45, 2.75) is 32.9 Å². The van der Waals surface area contributed by atoms with E-state index in [0.29, 0.717) is 18.0 Å². The first-order valence-corrected chi connectivity index (χ1v) is 6.72. The lowest BCUT2D eigenvalue weighted by Gasteiger charge is -2.18. The van der Waals surface area contributed by atoms with Crippen LogP contribution in [0.2, 0.25) is 0 Å². The van der Waals surface area contributed by atoms with E-state index in [4.69, 9.17) is 0 Å². The second-order valence-electron chi connectivity index (χ2n) is 5.17. The van der Waals surface area contributed by atoms with Crippen LogP contribution >= 0.6 is 0 Å². The molecule has 0 bridgehead atoms. The number of benzene rings is 1. The zero-order valence-corrected chi connectivity index (χ0v) is 11.9. The quantitative estimate of drug-likeness (QED) is 0.700. The van der Waals surface area contributed by atoms with E-state index in [0.717, 1.165) is 12.0 Å². The Morgan fingerprint density at radius 2 is 1.89 bits per heavy atom. The van der Waals surface area contributed by atoms with Crippen molar-refractivity contribution in [3.8, 4) is 0 Å². The molecule has 0 aromatic heterocycles. The highest BCUT2D eigenvalue weighted by Crippen LogP contribution is 2.07. The molecule has 1 aromatic carbocycles. The van der Waals surface area contributed by atoms with Gasteiger partial charge in [-0.3, -0.25) is 4.79 Å². The van der Waals surface area contributed by atoms with E-state index in [2.05, 4.69) is 24.5 Å². The highest BCUT2D eigenvalue weighted by molar-refractivity contribution is 5.93. The molecular weight excluding hydrogens is 240 g/mol. The summed E-state index contributed by atoms with van der Waals surface area (Å²) < 4.78 is 0. The molecule has 0 aliphatic carbocycles. The maximum absolute atomic E-state index is 11.4. The second kappa shape index (κ2) is 7.92. The molecule has 3 N–H and O–H groups in total. The molecule has 1 unspecified atom stereocenters. The normalized spacial score (nSPS) is 12.5. The molecule has 0 radical (unpaired) electrons. The zero-order valence-electron chi connectivity index (χ0n) is 11.9. The first kappa shape index (κ1) is 15.7. The Hall–Kier alpha value is -1.39. The van der Waals surface area contributed by atoms with E-state index >= 15 is 0 Å². The molecule has 4 heteroatoms. The Morgan fingerprint density at radius 3 is 2.37 bits per heavy atom. The number of hydrogen-bond acceptors (Lipinski definition) is 3. The number of aliphatic hydroxyl groups is 1. The molecule has 0 aliphatic rings. The van der Waals surface area contributed by atoms with E-state index in [1.165, 1.54) is 0 Å². The molecule has 0 fully saturated rings. The van der Waals surface area contributed by atoms with Crippen LogP contribution in [0, 0.1) is 5.92 Å². The minimum Gasteiger partial charge on any atom is -0.395 e. The third-order valence-electron chi connectivity index (χ3n) is 3.01. The van der Waals surface area contributed by atoms with Gasteiger partial charge in [0.2, 0.25) is 0 Å². The van der Waals surface area contributed by atoms with Gasteiger partial charge in [-0.15, -0.1) is 0 Å². The highest BCUT2D eigenvalue weighted by Gasteiger charge is 2.09. The Labute approximate surface area is 115 Å². The Kier molecular flexibility index (Phi) is 6.53. The van der Waals surface area contributed by atoms with Gasteiger partial charge < -0.3 is 15.7 Å². The fourth-order valence-electron chi connectivity index (χ4n) is 1.97. The minimum absolute atomic E-state index is 0.0763. The molecule has 0 saturated carbocycles. The van der Waals surface area contributed by atoms with Crippen LogP contribution in [0.15, 0.2) is 24.3 Å².